The fraction of sp³-hybridized carbons (Fsp3) is 0.200. The van der Waals surface area contributed by atoms with E-state index in [4.69, 9.17) is 0 Å². The van der Waals surface area contributed by atoms with Crippen LogP contribution < -0.4 is 0 Å². The number of rotatable bonds is 1. The molecule has 0 amide bonds. The van der Waals surface area contributed by atoms with Crippen molar-refractivity contribution in [2.45, 2.75) is 20.8 Å². The molecule has 0 spiro atoms. The second-order valence-electron chi connectivity index (χ2n) is 3.59. The average molecular weight is 252 g/mol. The van der Waals surface area contributed by atoms with E-state index in [9.17, 15) is 13.2 Å². The Morgan fingerprint density at radius 1 is 0.667 bits per heavy atom. The minimum Gasteiger partial charge on any atom is -0.207 e. The van der Waals surface area contributed by atoms with Crippen molar-refractivity contribution in [2.75, 3.05) is 0 Å². The molecule has 2 rings (SSSR count). The van der Waals surface area contributed by atoms with Crippen LogP contribution in [0, 0.1) is 24.4 Å². The molecule has 0 unspecified atom stereocenters. The Bertz CT molecular complexity index is 484. The van der Waals surface area contributed by atoms with Gasteiger partial charge in [0.2, 0.25) is 0 Å². The normalized spacial score (nSPS) is 9.67. The third-order valence-electron chi connectivity index (χ3n) is 2.42. The lowest BCUT2D eigenvalue weighted by molar-refractivity contribution is 0.509. The van der Waals surface area contributed by atoms with E-state index in [0.29, 0.717) is 16.7 Å². The fourth-order valence-corrected chi connectivity index (χ4v) is 1.45. The molecule has 2 aromatic rings. The molecule has 0 radical (unpaired) electrons. The van der Waals surface area contributed by atoms with Crippen LogP contribution in [0.15, 0.2) is 36.4 Å². The van der Waals surface area contributed by atoms with Gasteiger partial charge in [-0.1, -0.05) is 32.0 Å². The number of aryl methyl sites for hydroxylation is 1. The van der Waals surface area contributed by atoms with E-state index in [1.54, 1.807) is 19.1 Å². The average Bonchev–Trinajstić information content (AvgIpc) is 2.38. The first-order valence-electron chi connectivity index (χ1n) is 5.79. The van der Waals surface area contributed by atoms with E-state index in [-0.39, 0.29) is 5.82 Å². The number of benzene rings is 2. The summed E-state index contributed by atoms with van der Waals surface area (Å²) >= 11 is 0. The Labute approximate surface area is 105 Å². The van der Waals surface area contributed by atoms with Gasteiger partial charge in [0.1, 0.15) is 5.82 Å². The monoisotopic (exact) mass is 252 g/mol. The molecule has 3 heteroatoms. The van der Waals surface area contributed by atoms with Crippen molar-refractivity contribution in [3.8, 4) is 11.1 Å². The van der Waals surface area contributed by atoms with Gasteiger partial charge in [-0.3, -0.25) is 0 Å². The highest BCUT2D eigenvalue weighted by Gasteiger charge is 2.06. The SMILES string of the molecule is CC.Cc1ccc(-c2ccc(F)c(F)c2)cc1F. The highest BCUT2D eigenvalue weighted by molar-refractivity contribution is 5.63. The summed E-state index contributed by atoms with van der Waals surface area (Å²) in [4.78, 5) is 0. The van der Waals surface area contributed by atoms with E-state index < -0.39 is 11.6 Å². The van der Waals surface area contributed by atoms with Gasteiger partial charge in [-0.25, -0.2) is 13.2 Å². The van der Waals surface area contributed by atoms with E-state index in [1.807, 2.05) is 13.8 Å². The summed E-state index contributed by atoms with van der Waals surface area (Å²) in [6.07, 6.45) is 0. The Hall–Kier alpha value is -1.77. The summed E-state index contributed by atoms with van der Waals surface area (Å²) < 4.78 is 39.0. The molecule has 0 bridgehead atoms. The van der Waals surface area contributed by atoms with Gasteiger partial charge in [0.15, 0.2) is 11.6 Å². The molecule has 0 aliphatic rings. The summed E-state index contributed by atoms with van der Waals surface area (Å²) in [5.41, 5.74) is 1.51. The minimum atomic E-state index is -0.932. The maximum atomic E-state index is 13.3. The topological polar surface area (TPSA) is 0 Å². The summed E-state index contributed by atoms with van der Waals surface area (Å²) in [5, 5.41) is 0. The van der Waals surface area contributed by atoms with Gasteiger partial charge >= 0.3 is 0 Å². The highest BCUT2D eigenvalue weighted by Crippen LogP contribution is 2.23. The number of halogens is 3. The van der Waals surface area contributed by atoms with Gasteiger partial charge in [-0.2, -0.15) is 0 Å². The van der Waals surface area contributed by atoms with Crippen LogP contribution in [-0.4, -0.2) is 0 Å². The van der Waals surface area contributed by atoms with Crippen LogP contribution in [0.2, 0.25) is 0 Å². The summed E-state index contributed by atoms with van der Waals surface area (Å²) in [7, 11) is 0. The van der Waals surface area contributed by atoms with Gasteiger partial charge in [-0.05, 0) is 41.8 Å². The molecule has 0 heterocycles. The lowest BCUT2D eigenvalue weighted by Gasteiger charge is -2.04. The molecule has 18 heavy (non-hydrogen) atoms. The van der Waals surface area contributed by atoms with Gasteiger partial charge in [0, 0.05) is 0 Å². The third-order valence-corrected chi connectivity index (χ3v) is 2.42. The van der Waals surface area contributed by atoms with Crippen LogP contribution in [0.4, 0.5) is 13.2 Å². The molecule has 0 saturated heterocycles. The standard InChI is InChI=1S/C13H9F3.C2H6/c1-8-2-3-9(6-12(8)15)10-4-5-11(14)13(16)7-10;1-2/h2-7H,1H3;1-2H3. The molecule has 0 fully saturated rings. The molecular formula is C15H15F3. The van der Waals surface area contributed by atoms with Crippen LogP contribution in [0.25, 0.3) is 11.1 Å². The lowest BCUT2D eigenvalue weighted by Crippen LogP contribution is -1.87. The van der Waals surface area contributed by atoms with E-state index in [0.717, 1.165) is 12.1 Å². The zero-order chi connectivity index (χ0) is 13.7. The quantitative estimate of drug-likeness (QED) is 0.662. The van der Waals surface area contributed by atoms with Crippen LogP contribution in [-0.2, 0) is 0 Å². The van der Waals surface area contributed by atoms with Crippen molar-refractivity contribution in [1.82, 2.24) is 0 Å². The fourth-order valence-electron chi connectivity index (χ4n) is 1.45. The van der Waals surface area contributed by atoms with Crippen LogP contribution in [0.5, 0.6) is 0 Å². The summed E-state index contributed by atoms with van der Waals surface area (Å²) in [6, 6.07) is 8.09. The Morgan fingerprint density at radius 2 is 1.17 bits per heavy atom. The number of hydrogen-bond donors (Lipinski definition) is 0. The van der Waals surface area contributed by atoms with Crippen LogP contribution in [0.3, 0.4) is 0 Å². The first-order valence-corrected chi connectivity index (χ1v) is 5.79. The maximum absolute atomic E-state index is 13.3. The highest BCUT2D eigenvalue weighted by atomic mass is 19.2. The minimum absolute atomic E-state index is 0.359. The second kappa shape index (κ2) is 6.24. The van der Waals surface area contributed by atoms with Gasteiger partial charge < -0.3 is 0 Å². The molecule has 96 valence electrons. The molecule has 0 nitrogen and oxygen atoms in total. The largest absolute Gasteiger partial charge is 0.207 e. The van der Waals surface area contributed by atoms with Gasteiger partial charge in [0.25, 0.3) is 0 Å². The molecule has 2 aromatic carbocycles. The predicted molar refractivity (Wildman–Crippen MR) is 67.8 cm³/mol. The molecular weight excluding hydrogens is 237 g/mol. The van der Waals surface area contributed by atoms with Gasteiger partial charge in [-0.15, -0.1) is 0 Å². The zero-order valence-corrected chi connectivity index (χ0v) is 10.6. The van der Waals surface area contributed by atoms with Crippen molar-refractivity contribution in [3.63, 3.8) is 0 Å². The summed E-state index contributed by atoms with van der Waals surface area (Å²) in [6.45, 7) is 5.64. The van der Waals surface area contributed by atoms with Crippen molar-refractivity contribution in [1.29, 1.82) is 0 Å². The van der Waals surface area contributed by atoms with Crippen molar-refractivity contribution < 1.29 is 13.2 Å². The molecule has 0 N–H and O–H groups in total. The Morgan fingerprint density at radius 3 is 1.67 bits per heavy atom. The molecule has 0 saturated carbocycles. The smallest absolute Gasteiger partial charge is 0.159 e. The van der Waals surface area contributed by atoms with E-state index in [1.165, 1.54) is 12.1 Å². The predicted octanol–water partition coefficient (Wildman–Crippen LogP) is 5.11. The van der Waals surface area contributed by atoms with Crippen molar-refractivity contribution >= 4 is 0 Å². The first-order chi connectivity index (χ1) is 8.58. The van der Waals surface area contributed by atoms with Gasteiger partial charge in [0.05, 0.1) is 0 Å². The molecule has 0 aliphatic heterocycles. The Balaban J connectivity index is 0.000000771. The first kappa shape index (κ1) is 14.3. The molecule has 0 aromatic heterocycles. The molecule has 0 aliphatic carbocycles. The van der Waals surface area contributed by atoms with Crippen molar-refractivity contribution in [3.05, 3.63) is 59.4 Å². The van der Waals surface area contributed by atoms with Crippen LogP contribution >= 0.6 is 0 Å². The lowest BCUT2D eigenvalue weighted by atomic mass is 10.0. The summed E-state index contributed by atoms with van der Waals surface area (Å²) in [5.74, 6) is -2.20. The van der Waals surface area contributed by atoms with E-state index >= 15 is 0 Å². The zero-order valence-electron chi connectivity index (χ0n) is 10.6. The maximum Gasteiger partial charge on any atom is 0.159 e. The van der Waals surface area contributed by atoms with Crippen LogP contribution in [0.1, 0.15) is 19.4 Å². The third kappa shape index (κ3) is 3.13. The number of hydrogen-bond acceptors (Lipinski definition) is 0. The van der Waals surface area contributed by atoms with Crippen molar-refractivity contribution in [2.24, 2.45) is 0 Å². The van der Waals surface area contributed by atoms with E-state index in [2.05, 4.69) is 0 Å². The molecule has 0 atom stereocenters. The Kier molecular flexibility index (Phi) is 4.95. The second-order valence-corrected chi connectivity index (χ2v) is 3.59.